The van der Waals surface area contributed by atoms with E-state index >= 15 is 0 Å². The van der Waals surface area contributed by atoms with Crippen LogP contribution >= 0.6 is 0 Å². The van der Waals surface area contributed by atoms with E-state index in [1.165, 1.54) is 42.6 Å². The third-order valence-electron chi connectivity index (χ3n) is 5.31. The Morgan fingerprint density at radius 3 is 2.15 bits per heavy atom. The Morgan fingerprint density at radius 1 is 0.808 bits per heavy atom. The molecule has 3 aromatic rings. The quantitative estimate of drug-likeness (QED) is 0.571. The largest absolute Gasteiger partial charge is 0.298 e. The zero-order valence-corrected chi connectivity index (χ0v) is 14.9. The number of benzene rings is 3. The third-order valence-corrected chi connectivity index (χ3v) is 5.31. The fraction of sp³-hybridized carbons (Fsp3) is 0.250. The van der Waals surface area contributed by atoms with E-state index in [1.54, 1.807) is 0 Å². The molecule has 2 heteroatoms. The lowest BCUT2D eigenvalue weighted by Gasteiger charge is -2.33. The highest BCUT2D eigenvalue weighted by Gasteiger charge is 2.21. The highest BCUT2D eigenvalue weighted by Crippen LogP contribution is 2.29. The van der Waals surface area contributed by atoms with E-state index in [1.807, 2.05) is 12.1 Å². The number of hydrogen-bond acceptors (Lipinski definition) is 1. The van der Waals surface area contributed by atoms with Crippen molar-refractivity contribution in [2.75, 3.05) is 13.1 Å². The standard InChI is InChI=1S/C24H24FN/c25-24-14-12-21(13-15-24)20-8-10-22(11-9-20)23-7-4-16-26(18-23)17-19-5-2-1-3-6-19/h1-3,5-6,8-15,23H,4,7,16-18H2. The highest BCUT2D eigenvalue weighted by atomic mass is 19.1. The summed E-state index contributed by atoms with van der Waals surface area (Å²) in [6.45, 7) is 3.33. The zero-order chi connectivity index (χ0) is 17.8. The van der Waals surface area contributed by atoms with E-state index in [4.69, 9.17) is 0 Å². The molecule has 26 heavy (non-hydrogen) atoms. The molecule has 1 aliphatic heterocycles. The summed E-state index contributed by atoms with van der Waals surface area (Å²) in [4.78, 5) is 2.57. The topological polar surface area (TPSA) is 3.24 Å². The fourth-order valence-corrected chi connectivity index (χ4v) is 3.90. The molecular weight excluding hydrogens is 321 g/mol. The summed E-state index contributed by atoms with van der Waals surface area (Å²) in [5, 5.41) is 0. The lowest BCUT2D eigenvalue weighted by molar-refractivity contribution is 0.200. The molecule has 1 unspecified atom stereocenters. The van der Waals surface area contributed by atoms with Gasteiger partial charge in [-0.1, -0.05) is 66.7 Å². The van der Waals surface area contributed by atoms with E-state index in [9.17, 15) is 4.39 Å². The second-order valence-electron chi connectivity index (χ2n) is 7.19. The number of halogens is 1. The third kappa shape index (κ3) is 4.03. The molecular formula is C24H24FN. The van der Waals surface area contributed by atoms with Crippen molar-refractivity contribution in [1.82, 2.24) is 4.90 Å². The van der Waals surface area contributed by atoms with Crippen molar-refractivity contribution in [3.05, 3.63) is 95.8 Å². The van der Waals surface area contributed by atoms with Gasteiger partial charge in [0.15, 0.2) is 0 Å². The van der Waals surface area contributed by atoms with Crippen molar-refractivity contribution in [3.63, 3.8) is 0 Å². The van der Waals surface area contributed by atoms with Gasteiger partial charge in [-0.3, -0.25) is 4.90 Å². The minimum atomic E-state index is -0.189. The summed E-state index contributed by atoms with van der Waals surface area (Å²) >= 11 is 0. The predicted octanol–water partition coefficient (Wildman–Crippen LogP) is 5.87. The van der Waals surface area contributed by atoms with Gasteiger partial charge in [0.05, 0.1) is 0 Å². The van der Waals surface area contributed by atoms with Crippen LogP contribution < -0.4 is 0 Å². The monoisotopic (exact) mass is 345 g/mol. The van der Waals surface area contributed by atoms with Crippen molar-refractivity contribution in [2.45, 2.75) is 25.3 Å². The number of likely N-dealkylation sites (tertiary alicyclic amines) is 1. The van der Waals surface area contributed by atoms with E-state index in [0.29, 0.717) is 5.92 Å². The van der Waals surface area contributed by atoms with Crippen molar-refractivity contribution < 1.29 is 4.39 Å². The molecule has 0 amide bonds. The molecule has 3 aromatic carbocycles. The first kappa shape index (κ1) is 17.0. The average Bonchev–Trinajstić information content (AvgIpc) is 2.70. The van der Waals surface area contributed by atoms with Crippen LogP contribution in [0.2, 0.25) is 0 Å². The SMILES string of the molecule is Fc1ccc(-c2ccc(C3CCCN(Cc4ccccc4)C3)cc2)cc1. The van der Waals surface area contributed by atoms with Gasteiger partial charge < -0.3 is 0 Å². The smallest absolute Gasteiger partial charge is 0.123 e. The molecule has 1 heterocycles. The number of nitrogens with zero attached hydrogens (tertiary/aromatic N) is 1. The van der Waals surface area contributed by atoms with Crippen LogP contribution in [0.15, 0.2) is 78.9 Å². The van der Waals surface area contributed by atoms with Crippen LogP contribution in [0.3, 0.4) is 0 Å². The second-order valence-corrected chi connectivity index (χ2v) is 7.19. The van der Waals surface area contributed by atoms with Gasteiger partial charge in [0.25, 0.3) is 0 Å². The molecule has 0 saturated carbocycles. The Hall–Kier alpha value is -2.45. The average molecular weight is 345 g/mol. The molecule has 1 saturated heterocycles. The van der Waals surface area contributed by atoms with Gasteiger partial charge in [-0.25, -0.2) is 4.39 Å². The molecule has 0 radical (unpaired) electrons. The summed E-state index contributed by atoms with van der Waals surface area (Å²) in [7, 11) is 0. The van der Waals surface area contributed by atoms with Crippen LogP contribution in [0, 0.1) is 5.82 Å². The van der Waals surface area contributed by atoms with Gasteiger partial charge in [0.1, 0.15) is 5.82 Å². The van der Waals surface area contributed by atoms with Crippen LogP contribution in [-0.2, 0) is 6.54 Å². The Balaban J connectivity index is 1.44. The lowest BCUT2D eigenvalue weighted by Crippen LogP contribution is -2.33. The molecule has 1 nitrogen and oxygen atoms in total. The van der Waals surface area contributed by atoms with E-state index in [0.717, 1.165) is 24.2 Å². The van der Waals surface area contributed by atoms with Crippen molar-refractivity contribution in [1.29, 1.82) is 0 Å². The number of piperidine rings is 1. The summed E-state index contributed by atoms with van der Waals surface area (Å²) in [6.07, 6.45) is 2.50. The molecule has 0 aliphatic carbocycles. The minimum absolute atomic E-state index is 0.189. The molecule has 1 aliphatic rings. The Bertz CT molecular complexity index is 824. The van der Waals surface area contributed by atoms with Crippen LogP contribution in [0.1, 0.15) is 29.9 Å². The summed E-state index contributed by atoms with van der Waals surface area (Å²) in [5.41, 5.74) is 5.01. The molecule has 1 atom stereocenters. The van der Waals surface area contributed by atoms with Crippen LogP contribution in [-0.4, -0.2) is 18.0 Å². The molecule has 132 valence electrons. The molecule has 4 rings (SSSR count). The van der Waals surface area contributed by atoms with Gasteiger partial charge in [0, 0.05) is 13.1 Å². The summed E-state index contributed by atoms with van der Waals surface area (Å²) in [5.74, 6) is 0.404. The lowest BCUT2D eigenvalue weighted by atomic mass is 9.89. The molecule has 0 spiro atoms. The van der Waals surface area contributed by atoms with Gasteiger partial charge in [-0.2, -0.15) is 0 Å². The Morgan fingerprint density at radius 2 is 1.46 bits per heavy atom. The second kappa shape index (κ2) is 7.84. The van der Waals surface area contributed by atoms with Gasteiger partial charge >= 0.3 is 0 Å². The molecule has 1 fully saturated rings. The number of hydrogen-bond donors (Lipinski definition) is 0. The van der Waals surface area contributed by atoms with Crippen LogP contribution in [0.25, 0.3) is 11.1 Å². The maximum absolute atomic E-state index is 13.1. The molecule has 0 aromatic heterocycles. The van der Waals surface area contributed by atoms with Crippen molar-refractivity contribution in [3.8, 4) is 11.1 Å². The first-order chi connectivity index (χ1) is 12.8. The highest BCUT2D eigenvalue weighted by molar-refractivity contribution is 5.63. The predicted molar refractivity (Wildman–Crippen MR) is 106 cm³/mol. The molecule has 0 N–H and O–H groups in total. The zero-order valence-electron chi connectivity index (χ0n) is 14.9. The summed E-state index contributed by atoms with van der Waals surface area (Å²) < 4.78 is 13.1. The normalized spacial score (nSPS) is 18.0. The number of rotatable bonds is 4. The first-order valence-electron chi connectivity index (χ1n) is 9.40. The molecule has 0 bridgehead atoms. The maximum atomic E-state index is 13.1. The Kier molecular flexibility index (Phi) is 5.12. The van der Waals surface area contributed by atoms with Crippen LogP contribution in [0.5, 0.6) is 0 Å². The minimum Gasteiger partial charge on any atom is -0.298 e. The Labute approximate surface area is 155 Å². The fourth-order valence-electron chi connectivity index (χ4n) is 3.90. The maximum Gasteiger partial charge on any atom is 0.123 e. The summed E-state index contributed by atoms with van der Waals surface area (Å²) in [6, 6.07) is 26.3. The van der Waals surface area contributed by atoms with Crippen molar-refractivity contribution in [2.24, 2.45) is 0 Å². The van der Waals surface area contributed by atoms with E-state index in [-0.39, 0.29) is 5.82 Å². The van der Waals surface area contributed by atoms with Crippen LogP contribution in [0.4, 0.5) is 4.39 Å². The van der Waals surface area contributed by atoms with E-state index < -0.39 is 0 Å². The van der Waals surface area contributed by atoms with Gasteiger partial charge in [-0.15, -0.1) is 0 Å². The van der Waals surface area contributed by atoms with Gasteiger partial charge in [0.2, 0.25) is 0 Å². The van der Waals surface area contributed by atoms with Gasteiger partial charge in [-0.05, 0) is 59.7 Å². The van der Waals surface area contributed by atoms with Crippen molar-refractivity contribution >= 4 is 0 Å². The first-order valence-corrected chi connectivity index (χ1v) is 9.40. The van der Waals surface area contributed by atoms with E-state index in [2.05, 4.69) is 59.5 Å².